The molecule has 0 aliphatic rings. The highest BCUT2D eigenvalue weighted by atomic mass is 35.5. The van der Waals surface area contributed by atoms with E-state index in [-0.39, 0.29) is 6.54 Å². The van der Waals surface area contributed by atoms with Crippen molar-refractivity contribution in [2.24, 2.45) is 0 Å². The first-order chi connectivity index (χ1) is 7.61. The summed E-state index contributed by atoms with van der Waals surface area (Å²) in [7, 11) is 0. The van der Waals surface area contributed by atoms with Gasteiger partial charge in [-0.3, -0.25) is 0 Å². The van der Waals surface area contributed by atoms with Crippen molar-refractivity contribution in [3.63, 3.8) is 0 Å². The van der Waals surface area contributed by atoms with Crippen molar-refractivity contribution < 1.29 is 9.52 Å². The standard InChI is InChI=1S/C10H10Cl2N2O2/c1-5-14-10-7(11)2-6(3-9(10)16-5)8(15)4-13-12/h2-3,8,13,15H,4H2,1H3/t8-/m1/s1. The van der Waals surface area contributed by atoms with Gasteiger partial charge in [0.2, 0.25) is 0 Å². The summed E-state index contributed by atoms with van der Waals surface area (Å²) in [6.45, 7) is 1.98. The van der Waals surface area contributed by atoms with Crippen LogP contribution >= 0.6 is 23.4 Å². The van der Waals surface area contributed by atoms with Gasteiger partial charge in [-0.2, -0.15) is 0 Å². The lowest BCUT2D eigenvalue weighted by molar-refractivity contribution is 0.182. The van der Waals surface area contributed by atoms with E-state index < -0.39 is 6.10 Å². The minimum atomic E-state index is -0.732. The summed E-state index contributed by atoms with van der Waals surface area (Å²) in [6.07, 6.45) is -0.732. The van der Waals surface area contributed by atoms with Gasteiger partial charge in [0.1, 0.15) is 5.52 Å². The lowest BCUT2D eigenvalue weighted by Gasteiger charge is -2.09. The first kappa shape index (κ1) is 11.7. The predicted octanol–water partition coefficient (Wildman–Crippen LogP) is 2.57. The number of aryl methyl sites for hydroxylation is 1. The van der Waals surface area contributed by atoms with E-state index in [2.05, 4.69) is 9.82 Å². The van der Waals surface area contributed by atoms with Crippen LogP contribution in [-0.2, 0) is 0 Å². The third kappa shape index (κ3) is 2.15. The van der Waals surface area contributed by atoms with Crippen LogP contribution in [-0.4, -0.2) is 16.6 Å². The first-order valence-electron chi connectivity index (χ1n) is 4.70. The zero-order chi connectivity index (χ0) is 11.7. The maximum Gasteiger partial charge on any atom is 0.192 e. The summed E-state index contributed by atoms with van der Waals surface area (Å²) in [6, 6.07) is 3.37. The molecule has 1 aromatic carbocycles. The van der Waals surface area contributed by atoms with Crippen LogP contribution in [0.25, 0.3) is 11.1 Å². The molecule has 0 radical (unpaired) electrons. The summed E-state index contributed by atoms with van der Waals surface area (Å²) in [5, 5.41) is 10.2. The molecular formula is C10H10Cl2N2O2. The molecule has 0 bridgehead atoms. The molecule has 1 atom stereocenters. The molecule has 2 rings (SSSR count). The second-order valence-electron chi connectivity index (χ2n) is 3.44. The van der Waals surface area contributed by atoms with Gasteiger partial charge in [0.05, 0.1) is 11.1 Å². The molecule has 0 saturated carbocycles. The van der Waals surface area contributed by atoms with E-state index in [0.717, 1.165) is 0 Å². The Morgan fingerprint density at radius 1 is 1.56 bits per heavy atom. The molecule has 0 unspecified atom stereocenters. The second-order valence-corrected chi connectivity index (χ2v) is 4.11. The Bertz CT molecular complexity index is 513. The number of halogens is 2. The maximum absolute atomic E-state index is 9.74. The average Bonchev–Trinajstić information content (AvgIpc) is 2.59. The minimum absolute atomic E-state index is 0.233. The van der Waals surface area contributed by atoms with Crippen LogP contribution in [0.2, 0.25) is 5.02 Å². The van der Waals surface area contributed by atoms with E-state index in [1.54, 1.807) is 19.1 Å². The van der Waals surface area contributed by atoms with Crippen LogP contribution in [0, 0.1) is 6.92 Å². The molecule has 1 aromatic heterocycles. The van der Waals surface area contributed by atoms with E-state index >= 15 is 0 Å². The SMILES string of the molecule is Cc1nc2c(Cl)cc([C@H](O)CNCl)cc2o1. The molecule has 6 heteroatoms. The first-order valence-corrected chi connectivity index (χ1v) is 5.45. The van der Waals surface area contributed by atoms with Crippen LogP contribution in [0.3, 0.4) is 0 Å². The molecule has 4 nitrogen and oxygen atoms in total. The van der Waals surface area contributed by atoms with Crippen LogP contribution < -0.4 is 4.84 Å². The zero-order valence-electron chi connectivity index (χ0n) is 8.50. The number of nitrogens with one attached hydrogen (secondary N) is 1. The highest BCUT2D eigenvalue weighted by Crippen LogP contribution is 2.28. The molecule has 0 aliphatic heterocycles. The second kappa shape index (κ2) is 4.59. The largest absolute Gasteiger partial charge is 0.441 e. The Kier molecular flexibility index (Phi) is 3.35. The molecule has 0 aliphatic carbocycles. The summed E-state index contributed by atoms with van der Waals surface area (Å²) < 4.78 is 5.36. The minimum Gasteiger partial charge on any atom is -0.441 e. The number of hydrogen-bond acceptors (Lipinski definition) is 4. The van der Waals surface area contributed by atoms with Crippen LogP contribution in [0.5, 0.6) is 0 Å². The molecule has 2 aromatic rings. The van der Waals surface area contributed by atoms with Gasteiger partial charge in [0, 0.05) is 13.5 Å². The van der Waals surface area contributed by atoms with Gasteiger partial charge in [-0.15, -0.1) is 0 Å². The predicted molar refractivity (Wildman–Crippen MR) is 62.6 cm³/mol. The molecule has 2 N–H and O–H groups in total. The molecule has 16 heavy (non-hydrogen) atoms. The van der Waals surface area contributed by atoms with Crippen LogP contribution in [0.15, 0.2) is 16.5 Å². The fourth-order valence-electron chi connectivity index (χ4n) is 1.50. The third-order valence-electron chi connectivity index (χ3n) is 2.23. The highest BCUT2D eigenvalue weighted by Gasteiger charge is 2.13. The van der Waals surface area contributed by atoms with Gasteiger partial charge in [-0.1, -0.05) is 11.6 Å². The highest BCUT2D eigenvalue weighted by molar-refractivity contribution is 6.34. The summed E-state index contributed by atoms with van der Waals surface area (Å²) in [4.78, 5) is 6.51. The van der Waals surface area contributed by atoms with Crippen molar-refractivity contribution >= 4 is 34.5 Å². The zero-order valence-corrected chi connectivity index (χ0v) is 10.0. The number of aliphatic hydroxyl groups is 1. The Morgan fingerprint density at radius 3 is 3.00 bits per heavy atom. The Hall–Kier alpha value is -0.810. The number of nitrogens with zero attached hydrogens (tertiary/aromatic N) is 1. The molecule has 1 heterocycles. The Labute approximate surface area is 102 Å². The Morgan fingerprint density at radius 2 is 2.31 bits per heavy atom. The number of rotatable bonds is 3. The van der Waals surface area contributed by atoms with Gasteiger partial charge >= 0.3 is 0 Å². The number of aromatic nitrogens is 1. The van der Waals surface area contributed by atoms with E-state index in [9.17, 15) is 5.11 Å². The van der Waals surface area contributed by atoms with Crippen molar-refractivity contribution in [1.82, 2.24) is 9.82 Å². The number of hydrogen-bond donors (Lipinski definition) is 2. The maximum atomic E-state index is 9.74. The third-order valence-corrected chi connectivity index (χ3v) is 2.68. The smallest absolute Gasteiger partial charge is 0.192 e. The summed E-state index contributed by atoms with van der Waals surface area (Å²) in [5.74, 6) is 0.541. The number of benzene rings is 1. The van der Waals surface area contributed by atoms with Gasteiger partial charge < -0.3 is 9.52 Å². The number of fused-ring (bicyclic) bond motifs is 1. The molecular weight excluding hydrogens is 251 g/mol. The van der Waals surface area contributed by atoms with Crippen molar-refractivity contribution in [3.05, 3.63) is 28.6 Å². The van der Waals surface area contributed by atoms with Crippen molar-refractivity contribution in [2.45, 2.75) is 13.0 Å². The van der Waals surface area contributed by atoms with E-state index in [4.69, 9.17) is 27.8 Å². The van der Waals surface area contributed by atoms with Gasteiger partial charge in [-0.05, 0) is 29.5 Å². The quantitative estimate of drug-likeness (QED) is 0.833. The fourth-order valence-corrected chi connectivity index (χ4v) is 1.91. The normalized spacial score (nSPS) is 13.2. The van der Waals surface area contributed by atoms with Crippen molar-refractivity contribution in [1.29, 1.82) is 0 Å². The van der Waals surface area contributed by atoms with Crippen LogP contribution in [0.4, 0.5) is 0 Å². The van der Waals surface area contributed by atoms with E-state index in [0.29, 0.717) is 27.6 Å². The summed E-state index contributed by atoms with van der Waals surface area (Å²) >= 11 is 11.4. The topological polar surface area (TPSA) is 58.3 Å². The van der Waals surface area contributed by atoms with Crippen molar-refractivity contribution in [3.8, 4) is 0 Å². The monoisotopic (exact) mass is 260 g/mol. The Balaban J connectivity index is 2.48. The van der Waals surface area contributed by atoms with E-state index in [1.807, 2.05) is 0 Å². The molecule has 86 valence electrons. The van der Waals surface area contributed by atoms with Gasteiger partial charge in [0.15, 0.2) is 11.5 Å². The molecule has 0 spiro atoms. The van der Waals surface area contributed by atoms with Gasteiger partial charge in [-0.25, -0.2) is 9.82 Å². The lowest BCUT2D eigenvalue weighted by Crippen LogP contribution is -2.12. The molecule has 0 saturated heterocycles. The van der Waals surface area contributed by atoms with Crippen LogP contribution in [0.1, 0.15) is 17.6 Å². The fraction of sp³-hybridized carbons (Fsp3) is 0.300. The summed E-state index contributed by atoms with van der Waals surface area (Å²) in [5.41, 5.74) is 1.81. The number of aliphatic hydroxyl groups excluding tert-OH is 1. The number of oxazole rings is 1. The lowest BCUT2D eigenvalue weighted by atomic mass is 10.1. The van der Waals surface area contributed by atoms with Gasteiger partial charge in [0.25, 0.3) is 0 Å². The average molecular weight is 261 g/mol. The van der Waals surface area contributed by atoms with E-state index in [1.165, 1.54) is 0 Å². The molecule has 0 fully saturated rings. The molecule has 0 amide bonds. The van der Waals surface area contributed by atoms with Crippen molar-refractivity contribution in [2.75, 3.05) is 6.54 Å².